The molecule has 0 radical (unpaired) electrons. The standard InChI is InChI=1S/C29H29ClFN7O5S/c1-16(39)3-5-18-15-43-28(33-18)38-13-19-12-36(8-9-37(19)29(38)41)14-22-23(27(40)42-2)24(20-6-4-17(31)11-21(20)30)35-25(34-22)26-32-7-10-44-26/h4,6-7,10-11,15,19,24H,3,5,8-9,12-14H2,1-2H3,(H,34,35)/t19-,24-/m0/s1. The Bertz CT molecular complexity index is 1660. The molecule has 44 heavy (non-hydrogen) atoms. The molecule has 0 aliphatic carbocycles. The van der Waals surface area contributed by atoms with Crippen molar-refractivity contribution in [2.45, 2.75) is 31.8 Å². The molecule has 15 heteroatoms. The molecular weight excluding hydrogens is 613 g/mol. The summed E-state index contributed by atoms with van der Waals surface area (Å²) in [4.78, 5) is 56.9. The number of oxazole rings is 1. The molecular formula is C29H29ClFN7O5S. The Labute approximate surface area is 261 Å². The van der Waals surface area contributed by atoms with E-state index in [1.165, 1.54) is 54.7 Å². The molecule has 3 aliphatic rings. The second kappa shape index (κ2) is 12.5. The number of hydrogen-bond donors (Lipinski definition) is 1. The number of methoxy groups -OCH3 is 1. The summed E-state index contributed by atoms with van der Waals surface area (Å²) >= 11 is 7.85. The van der Waals surface area contributed by atoms with E-state index >= 15 is 0 Å². The van der Waals surface area contributed by atoms with Crippen molar-refractivity contribution in [1.29, 1.82) is 0 Å². The molecule has 0 saturated carbocycles. The maximum Gasteiger partial charge on any atom is 0.338 e. The van der Waals surface area contributed by atoms with Gasteiger partial charge in [0.05, 0.1) is 31.0 Å². The smallest absolute Gasteiger partial charge is 0.338 e. The van der Waals surface area contributed by atoms with Crippen LogP contribution < -0.4 is 10.2 Å². The number of Topliss-reactive ketones (excluding diaryl/α,β-unsaturated/α-hetero) is 1. The number of nitrogens with one attached hydrogen (secondary N) is 1. The summed E-state index contributed by atoms with van der Waals surface area (Å²) in [5.74, 6) is -0.585. The Morgan fingerprint density at radius 1 is 1.27 bits per heavy atom. The van der Waals surface area contributed by atoms with Crippen LogP contribution in [0, 0.1) is 5.82 Å². The molecule has 0 bridgehead atoms. The number of benzene rings is 1. The number of aryl methyl sites for hydroxylation is 1. The molecule has 0 spiro atoms. The van der Waals surface area contributed by atoms with Gasteiger partial charge in [-0.15, -0.1) is 11.3 Å². The molecule has 2 aromatic heterocycles. The normalized spacial score (nSPS) is 20.5. The number of nitrogens with zero attached hydrogens (tertiary/aromatic N) is 6. The molecule has 0 unspecified atom stereocenters. The van der Waals surface area contributed by atoms with Gasteiger partial charge < -0.3 is 24.2 Å². The number of thiazole rings is 1. The van der Waals surface area contributed by atoms with E-state index in [0.29, 0.717) is 73.4 Å². The highest BCUT2D eigenvalue weighted by Gasteiger charge is 2.44. The van der Waals surface area contributed by atoms with E-state index in [1.54, 1.807) is 11.1 Å². The Morgan fingerprint density at radius 3 is 2.84 bits per heavy atom. The number of piperazine rings is 1. The molecule has 3 aromatic rings. The number of aromatic nitrogens is 2. The first-order chi connectivity index (χ1) is 21.2. The van der Waals surface area contributed by atoms with Crippen molar-refractivity contribution >= 4 is 52.6 Å². The van der Waals surface area contributed by atoms with Crippen LogP contribution in [0.2, 0.25) is 5.02 Å². The van der Waals surface area contributed by atoms with Crippen LogP contribution in [0.25, 0.3) is 0 Å². The fraction of sp³-hybridized carbons (Fsp3) is 0.379. The lowest BCUT2D eigenvalue weighted by Crippen LogP contribution is -2.53. The predicted molar refractivity (Wildman–Crippen MR) is 160 cm³/mol. The second-order valence-corrected chi connectivity index (χ2v) is 12.0. The van der Waals surface area contributed by atoms with Crippen molar-refractivity contribution in [3.05, 3.63) is 74.4 Å². The number of urea groups is 1. The second-order valence-electron chi connectivity index (χ2n) is 10.7. The molecule has 3 aliphatic heterocycles. The van der Waals surface area contributed by atoms with Gasteiger partial charge in [0.15, 0.2) is 10.8 Å². The Kier molecular flexibility index (Phi) is 8.47. The van der Waals surface area contributed by atoms with Crippen LogP contribution in [0.5, 0.6) is 0 Å². The Hall–Kier alpha value is -4.14. The van der Waals surface area contributed by atoms with Crippen LogP contribution in [-0.4, -0.2) is 89.3 Å². The molecule has 1 N–H and O–H groups in total. The molecule has 2 fully saturated rings. The zero-order valence-electron chi connectivity index (χ0n) is 24.0. The van der Waals surface area contributed by atoms with Gasteiger partial charge in [0, 0.05) is 60.5 Å². The third kappa shape index (κ3) is 5.97. The number of rotatable bonds is 9. The maximum absolute atomic E-state index is 14.0. The number of carbonyl (C=O) groups excluding carboxylic acids is 3. The average Bonchev–Trinajstić information content (AvgIpc) is 3.76. The van der Waals surface area contributed by atoms with Crippen molar-refractivity contribution in [3.8, 4) is 0 Å². The van der Waals surface area contributed by atoms with Crippen molar-refractivity contribution in [2.24, 2.45) is 4.99 Å². The number of anilines is 1. The maximum atomic E-state index is 14.0. The highest BCUT2D eigenvalue weighted by Crippen LogP contribution is 2.37. The number of carbonyl (C=O) groups is 3. The summed E-state index contributed by atoms with van der Waals surface area (Å²) in [7, 11) is 1.29. The van der Waals surface area contributed by atoms with Gasteiger partial charge in [-0.2, -0.15) is 4.98 Å². The van der Waals surface area contributed by atoms with Gasteiger partial charge in [0.25, 0.3) is 0 Å². The van der Waals surface area contributed by atoms with E-state index in [0.717, 1.165) is 0 Å². The first-order valence-electron chi connectivity index (χ1n) is 14.0. The van der Waals surface area contributed by atoms with Crippen molar-refractivity contribution in [1.82, 2.24) is 25.1 Å². The Balaban J connectivity index is 1.25. The summed E-state index contributed by atoms with van der Waals surface area (Å²) < 4.78 is 24.7. The quantitative estimate of drug-likeness (QED) is 0.348. The number of fused-ring (bicyclic) bond motifs is 1. The highest BCUT2D eigenvalue weighted by atomic mass is 35.5. The van der Waals surface area contributed by atoms with Gasteiger partial charge >= 0.3 is 18.0 Å². The molecule has 2 atom stereocenters. The lowest BCUT2D eigenvalue weighted by atomic mass is 9.95. The largest absolute Gasteiger partial charge is 0.466 e. The van der Waals surface area contributed by atoms with E-state index in [-0.39, 0.29) is 34.5 Å². The van der Waals surface area contributed by atoms with Crippen molar-refractivity contribution in [3.63, 3.8) is 0 Å². The first-order valence-corrected chi connectivity index (χ1v) is 15.2. The zero-order valence-corrected chi connectivity index (χ0v) is 25.5. The minimum atomic E-state index is -0.863. The monoisotopic (exact) mass is 641 g/mol. The van der Waals surface area contributed by atoms with Crippen molar-refractivity contribution < 1.29 is 27.9 Å². The topological polar surface area (TPSA) is 133 Å². The summed E-state index contributed by atoms with van der Waals surface area (Å²) in [6, 6.07) is 2.99. The van der Waals surface area contributed by atoms with Crippen LogP contribution in [-0.2, 0) is 20.7 Å². The van der Waals surface area contributed by atoms with Crippen LogP contribution in [0.15, 0.2) is 56.7 Å². The van der Waals surface area contributed by atoms with Crippen LogP contribution in [0.3, 0.4) is 0 Å². The zero-order chi connectivity index (χ0) is 31.0. The van der Waals surface area contributed by atoms with E-state index in [9.17, 15) is 18.8 Å². The van der Waals surface area contributed by atoms with Gasteiger partial charge in [-0.05, 0) is 25.5 Å². The number of amides is 2. The molecule has 5 heterocycles. The van der Waals surface area contributed by atoms with Crippen molar-refractivity contribution in [2.75, 3.05) is 44.7 Å². The number of hydrogen-bond acceptors (Lipinski definition) is 11. The molecule has 2 amide bonds. The van der Waals surface area contributed by atoms with Gasteiger partial charge in [-0.3, -0.25) is 9.89 Å². The van der Waals surface area contributed by atoms with Crippen LogP contribution in [0.1, 0.15) is 35.7 Å². The summed E-state index contributed by atoms with van der Waals surface area (Å²) in [5.41, 5.74) is 1.89. The molecule has 230 valence electrons. The molecule has 1 aromatic carbocycles. The number of amidine groups is 1. The fourth-order valence-electron chi connectivity index (χ4n) is 5.61. The van der Waals surface area contributed by atoms with E-state index in [2.05, 4.69) is 20.2 Å². The third-order valence-electron chi connectivity index (χ3n) is 7.75. The number of ketones is 1. The minimum Gasteiger partial charge on any atom is -0.466 e. The number of halogens is 2. The van der Waals surface area contributed by atoms with Gasteiger partial charge in [0.2, 0.25) is 0 Å². The Morgan fingerprint density at radius 2 is 2.11 bits per heavy atom. The molecule has 6 rings (SSSR count). The first kappa shape index (κ1) is 29.9. The SMILES string of the molecule is COC(=O)C1=C(CN2CCN3C(=O)N(c4nc(CCC(C)=O)co4)C[C@@H]3C2)NC(c2nccs2)=N[C@H]1c1ccc(F)cc1Cl. The lowest BCUT2D eigenvalue weighted by molar-refractivity contribution is -0.136. The van der Waals surface area contributed by atoms with E-state index in [4.69, 9.17) is 25.7 Å². The van der Waals surface area contributed by atoms with E-state index < -0.39 is 17.8 Å². The summed E-state index contributed by atoms with van der Waals surface area (Å²) in [5, 5.41) is 5.87. The molecule has 12 nitrogen and oxygen atoms in total. The van der Waals surface area contributed by atoms with Gasteiger partial charge in [-0.1, -0.05) is 17.7 Å². The lowest BCUT2D eigenvalue weighted by Gasteiger charge is -2.38. The van der Waals surface area contributed by atoms with E-state index in [1.807, 2.05) is 5.38 Å². The molecule has 2 saturated heterocycles. The van der Waals surface area contributed by atoms with Gasteiger partial charge in [-0.25, -0.2) is 23.9 Å². The van der Waals surface area contributed by atoms with Crippen LogP contribution in [0.4, 0.5) is 15.2 Å². The third-order valence-corrected chi connectivity index (χ3v) is 8.85. The van der Waals surface area contributed by atoms with Crippen LogP contribution >= 0.6 is 22.9 Å². The number of ether oxygens (including phenoxy) is 1. The number of esters is 1. The average molecular weight is 642 g/mol. The summed E-state index contributed by atoms with van der Waals surface area (Å²) in [6.07, 6.45) is 3.94. The highest BCUT2D eigenvalue weighted by molar-refractivity contribution is 7.11. The number of aliphatic imine (C=N–C) groups is 1. The fourth-order valence-corrected chi connectivity index (χ4v) is 6.46. The summed E-state index contributed by atoms with van der Waals surface area (Å²) in [6.45, 7) is 3.73. The predicted octanol–water partition coefficient (Wildman–Crippen LogP) is 3.59. The minimum absolute atomic E-state index is 0.0547. The van der Waals surface area contributed by atoms with Gasteiger partial charge in [0.1, 0.15) is 23.9 Å².